The lowest BCUT2D eigenvalue weighted by Crippen LogP contribution is -2.38. The van der Waals surface area contributed by atoms with Crippen molar-refractivity contribution in [2.45, 2.75) is 52.7 Å². The highest BCUT2D eigenvalue weighted by Gasteiger charge is 2.27. The van der Waals surface area contributed by atoms with Crippen LogP contribution in [0.2, 0.25) is 0 Å². The highest BCUT2D eigenvalue weighted by Crippen LogP contribution is 2.34. The van der Waals surface area contributed by atoms with Crippen LogP contribution in [0.5, 0.6) is 0 Å². The highest BCUT2D eigenvalue weighted by atomic mass is 15.2. The molecule has 0 fully saturated rings. The van der Waals surface area contributed by atoms with Gasteiger partial charge in [0.15, 0.2) is 0 Å². The van der Waals surface area contributed by atoms with Crippen molar-refractivity contribution in [2.75, 3.05) is 6.54 Å². The molecule has 1 atom stereocenters. The fourth-order valence-corrected chi connectivity index (χ4v) is 4.45. The average Bonchev–Trinajstić information content (AvgIpc) is 2.94. The van der Waals surface area contributed by atoms with Crippen LogP contribution in [0.3, 0.4) is 0 Å². The first-order chi connectivity index (χ1) is 12.2. The van der Waals surface area contributed by atoms with Gasteiger partial charge in [-0.15, -0.1) is 0 Å². The fraction of sp³-hybridized carbons (Fsp3) is 0.391. The van der Waals surface area contributed by atoms with Gasteiger partial charge in [-0.3, -0.25) is 4.90 Å². The van der Waals surface area contributed by atoms with Crippen molar-refractivity contribution in [2.24, 2.45) is 0 Å². The third-order valence-corrected chi connectivity index (χ3v) is 5.85. The minimum absolute atomic E-state index is 0.623. The SMILES string of the molecule is CCN1Cc2c(n(CCc3ccccc3)c3c(C)cccc23)CC1C. The zero-order valence-corrected chi connectivity index (χ0v) is 15.6. The van der Waals surface area contributed by atoms with E-state index in [0.717, 1.165) is 32.5 Å². The smallest absolute Gasteiger partial charge is 0.0515 e. The number of para-hydroxylation sites is 1. The number of aromatic nitrogens is 1. The van der Waals surface area contributed by atoms with Crippen molar-refractivity contribution in [3.8, 4) is 0 Å². The normalized spacial score (nSPS) is 17.8. The van der Waals surface area contributed by atoms with Crippen LogP contribution in [0.15, 0.2) is 48.5 Å². The minimum atomic E-state index is 0.623. The van der Waals surface area contributed by atoms with Gasteiger partial charge in [-0.1, -0.05) is 55.5 Å². The van der Waals surface area contributed by atoms with Crippen LogP contribution in [-0.2, 0) is 25.9 Å². The topological polar surface area (TPSA) is 8.17 Å². The molecule has 2 aromatic carbocycles. The van der Waals surface area contributed by atoms with E-state index < -0.39 is 0 Å². The molecule has 0 saturated carbocycles. The molecule has 4 rings (SSSR count). The largest absolute Gasteiger partial charge is 0.344 e. The van der Waals surface area contributed by atoms with Gasteiger partial charge in [-0.25, -0.2) is 0 Å². The first kappa shape index (κ1) is 16.4. The molecule has 0 N–H and O–H groups in total. The molecule has 1 aromatic heterocycles. The summed E-state index contributed by atoms with van der Waals surface area (Å²) in [5.74, 6) is 0. The maximum absolute atomic E-state index is 2.62. The zero-order chi connectivity index (χ0) is 17.4. The first-order valence-electron chi connectivity index (χ1n) is 9.56. The molecule has 0 radical (unpaired) electrons. The van der Waals surface area contributed by atoms with Crippen molar-refractivity contribution < 1.29 is 0 Å². The number of aryl methyl sites for hydroxylation is 3. The Hall–Kier alpha value is -2.06. The van der Waals surface area contributed by atoms with E-state index in [4.69, 9.17) is 0 Å². The number of rotatable bonds is 4. The molecule has 25 heavy (non-hydrogen) atoms. The maximum atomic E-state index is 2.62. The second-order valence-electron chi connectivity index (χ2n) is 7.40. The van der Waals surface area contributed by atoms with E-state index >= 15 is 0 Å². The third kappa shape index (κ3) is 2.89. The van der Waals surface area contributed by atoms with Crippen LogP contribution in [0.4, 0.5) is 0 Å². The van der Waals surface area contributed by atoms with Crippen LogP contribution in [0, 0.1) is 6.92 Å². The Morgan fingerprint density at radius 1 is 1.04 bits per heavy atom. The van der Waals surface area contributed by atoms with E-state index in [-0.39, 0.29) is 0 Å². The monoisotopic (exact) mass is 332 g/mol. The first-order valence-corrected chi connectivity index (χ1v) is 9.56. The summed E-state index contributed by atoms with van der Waals surface area (Å²) >= 11 is 0. The van der Waals surface area contributed by atoms with Gasteiger partial charge in [-0.05, 0) is 43.5 Å². The van der Waals surface area contributed by atoms with Crippen molar-refractivity contribution in [1.29, 1.82) is 0 Å². The van der Waals surface area contributed by atoms with Crippen LogP contribution in [0.1, 0.15) is 36.2 Å². The van der Waals surface area contributed by atoms with E-state index in [1.54, 1.807) is 11.3 Å². The van der Waals surface area contributed by atoms with Gasteiger partial charge in [0, 0.05) is 36.6 Å². The Kier molecular flexibility index (Phi) is 4.39. The molecule has 3 aromatic rings. The van der Waals surface area contributed by atoms with E-state index in [1.165, 1.54) is 22.0 Å². The van der Waals surface area contributed by atoms with E-state index in [2.05, 4.69) is 78.8 Å². The third-order valence-electron chi connectivity index (χ3n) is 5.85. The average molecular weight is 332 g/mol. The second-order valence-corrected chi connectivity index (χ2v) is 7.40. The van der Waals surface area contributed by atoms with E-state index in [0.29, 0.717) is 6.04 Å². The Labute approximate surface area is 151 Å². The molecule has 130 valence electrons. The Balaban J connectivity index is 1.79. The fourth-order valence-electron chi connectivity index (χ4n) is 4.45. The molecule has 0 saturated heterocycles. The number of nitrogens with zero attached hydrogens (tertiary/aromatic N) is 2. The van der Waals surface area contributed by atoms with Crippen molar-refractivity contribution >= 4 is 10.9 Å². The highest BCUT2D eigenvalue weighted by molar-refractivity contribution is 5.88. The lowest BCUT2D eigenvalue weighted by Gasteiger charge is -2.33. The molecule has 2 nitrogen and oxygen atoms in total. The Morgan fingerprint density at radius 2 is 1.84 bits per heavy atom. The number of hydrogen-bond donors (Lipinski definition) is 0. The van der Waals surface area contributed by atoms with Crippen molar-refractivity contribution in [3.63, 3.8) is 0 Å². The summed E-state index contributed by atoms with van der Waals surface area (Å²) in [6.45, 7) is 10.2. The molecule has 0 spiro atoms. The minimum Gasteiger partial charge on any atom is -0.344 e. The van der Waals surface area contributed by atoms with Gasteiger partial charge in [0.05, 0.1) is 5.52 Å². The van der Waals surface area contributed by atoms with Gasteiger partial charge in [-0.2, -0.15) is 0 Å². The van der Waals surface area contributed by atoms with Crippen LogP contribution in [-0.4, -0.2) is 22.1 Å². The van der Waals surface area contributed by atoms with Crippen LogP contribution in [0.25, 0.3) is 10.9 Å². The maximum Gasteiger partial charge on any atom is 0.0515 e. The molecular weight excluding hydrogens is 304 g/mol. The molecule has 0 bridgehead atoms. The summed E-state index contributed by atoms with van der Waals surface area (Å²) in [6.07, 6.45) is 2.25. The summed E-state index contributed by atoms with van der Waals surface area (Å²) in [5.41, 5.74) is 7.40. The van der Waals surface area contributed by atoms with Gasteiger partial charge in [0.25, 0.3) is 0 Å². The van der Waals surface area contributed by atoms with Crippen molar-refractivity contribution in [3.05, 3.63) is 70.9 Å². The van der Waals surface area contributed by atoms with Gasteiger partial charge in [0.1, 0.15) is 0 Å². The van der Waals surface area contributed by atoms with Gasteiger partial charge in [0.2, 0.25) is 0 Å². The predicted octanol–water partition coefficient (Wildman–Crippen LogP) is 4.96. The van der Waals surface area contributed by atoms with Crippen LogP contribution >= 0.6 is 0 Å². The molecule has 0 aliphatic carbocycles. The number of hydrogen-bond acceptors (Lipinski definition) is 1. The van der Waals surface area contributed by atoms with Gasteiger partial charge >= 0.3 is 0 Å². The lowest BCUT2D eigenvalue weighted by molar-refractivity contribution is 0.192. The Morgan fingerprint density at radius 3 is 2.60 bits per heavy atom. The van der Waals surface area contributed by atoms with E-state index in [1.807, 2.05) is 0 Å². The molecule has 1 aliphatic heterocycles. The quantitative estimate of drug-likeness (QED) is 0.655. The summed E-state index contributed by atoms with van der Waals surface area (Å²) in [6, 6.07) is 18.3. The molecular formula is C23H28N2. The number of benzene rings is 2. The van der Waals surface area contributed by atoms with Crippen molar-refractivity contribution in [1.82, 2.24) is 9.47 Å². The number of likely N-dealkylation sites (N-methyl/N-ethyl adjacent to an activating group) is 1. The molecule has 1 aliphatic rings. The summed E-state index contributed by atoms with van der Waals surface area (Å²) < 4.78 is 2.62. The van der Waals surface area contributed by atoms with Crippen LogP contribution < -0.4 is 0 Å². The molecule has 1 unspecified atom stereocenters. The summed E-state index contributed by atoms with van der Waals surface area (Å²) in [4.78, 5) is 2.60. The molecule has 2 heterocycles. The molecule has 2 heteroatoms. The standard InChI is InChI=1S/C23H28N2/c1-4-24-16-21-20-12-8-9-17(2)23(20)25(22(21)15-18(24)3)14-13-19-10-6-5-7-11-19/h5-12,18H,4,13-16H2,1-3H3. The zero-order valence-electron chi connectivity index (χ0n) is 15.6. The Bertz CT molecular complexity index is 876. The summed E-state index contributed by atoms with van der Waals surface area (Å²) in [5, 5.41) is 1.47. The predicted molar refractivity (Wildman–Crippen MR) is 106 cm³/mol. The lowest BCUT2D eigenvalue weighted by atomic mass is 9.99. The second kappa shape index (κ2) is 6.68. The summed E-state index contributed by atoms with van der Waals surface area (Å²) in [7, 11) is 0. The van der Waals surface area contributed by atoms with Gasteiger partial charge < -0.3 is 4.57 Å². The number of fused-ring (bicyclic) bond motifs is 3. The van der Waals surface area contributed by atoms with E-state index in [9.17, 15) is 0 Å². The molecule has 0 amide bonds.